The van der Waals surface area contributed by atoms with Crippen LogP contribution in [0.3, 0.4) is 0 Å². The van der Waals surface area contributed by atoms with Crippen molar-refractivity contribution in [2.45, 2.75) is 51.2 Å². The maximum atomic E-state index is 5.76. The highest BCUT2D eigenvalue weighted by atomic mass is 16.5. The van der Waals surface area contributed by atoms with Gasteiger partial charge in [-0.2, -0.15) is 5.10 Å². The molecule has 2 aromatic rings. The van der Waals surface area contributed by atoms with E-state index in [0.29, 0.717) is 12.1 Å². The summed E-state index contributed by atoms with van der Waals surface area (Å²) in [5.74, 6) is 1.11. The van der Waals surface area contributed by atoms with Gasteiger partial charge in [-0.05, 0) is 37.0 Å². The highest BCUT2D eigenvalue weighted by Crippen LogP contribution is 2.32. The van der Waals surface area contributed by atoms with Crippen LogP contribution in [0.4, 0.5) is 0 Å². The normalized spacial score (nSPS) is 22.7. The fraction of sp³-hybridized carbons (Fsp3) is 0.571. The van der Waals surface area contributed by atoms with Gasteiger partial charge in [0.15, 0.2) is 0 Å². The van der Waals surface area contributed by atoms with Gasteiger partial charge < -0.3 is 4.74 Å². The Hall–Kier alpha value is -1.85. The summed E-state index contributed by atoms with van der Waals surface area (Å²) in [7, 11) is 0. The summed E-state index contributed by atoms with van der Waals surface area (Å²) in [6.45, 7) is 7.76. The number of likely N-dealkylation sites (tertiary alicyclic amines) is 1. The van der Waals surface area contributed by atoms with Crippen LogP contribution in [0.1, 0.15) is 48.2 Å². The van der Waals surface area contributed by atoms with Crippen molar-refractivity contribution in [1.29, 1.82) is 0 Å². The van der Waals surface area contributed by atoms with E-state index < -0.39 is 0 Å². The standard InChI is InChI=1S/C21H28N4O/c1-15(17-3-2-16-7-11-26-21(16)12-17)24-8-4-19(5-9-24)25-10-6-20-18(14-25)13-22-23-20/h2-3,12-13,15,19H,4-11,14H2,1H3,(H,22,23)/t15-/m0/s1. The van der Waals surface area contributed by atoms with Crippen LogP contribution in [0.25, 0.3) is 0 Å². The van der Waals surface area contributed by atoms with E-state index in [4.69, 9.17) is 4.74 Å². The van der Waals surface area contributed by atoms with Gasteiger partial charge in [-0.15, -0.1) is 0 Å². The molecule has 0 aliphatic carbocycles. The number of H-pyrrole nitrogens is 1. The number of aromatic amines is 1. The molecule has 0 saturated carbocycles. The lowest BCUT2D eigenvalue weighted by molar-refractivity contribution is 0.0795. The number of aromatic nitrogens is 2. The van der Waals surface area contributed by atoms with Crippen molar-refractivity contribution in [2.75, 3.05) is 26.2 Å². The second-order valence-corrected chi connectivity index (χ2v) is 7.99. The lowest BCUT2D eigenvalue weighted by Crippen LogP contribution is -2.47. The fourth-order valence-electron chi connectivity index (χ4n) is 4.85. The molecule has 1 aromatic carbocycles. The topological polar surface area (TPSA) is 44.4 Å². The molecular formula is C21H28N4O. The highest BCUT2D eigenvalue weighted by molar-refractivity contribution is 5.41. The molecule has 0 radical (unpaired) electrons. The molecule has 5 heteroatoms. The first-order chi connectivity index (χ1) is 12.8. The van der Waals surface area contributed by atoms with E-state index in [1.165, 1.54) is 48.3 Å². The zero-order valence-electron chi connectivity index (χ0n) is 15.6. The molecule has 1 saturated heterocycles. The van der Waals surface area contributed by atoms with Gasteiger partial charge in [0.2, 0.25) is 0 Å². The fourth-order valence-corrected chi connectivity index (χ4v) is 4.85. The zero-order chi connectivity index (χ0) is 17.5. The van der Waals surface area contributed by atoms with Crippen LogP contribution < -0.4 is 4.74 Å². The summed E-state index contributed by atoms with van der Waals surface area (Å²) in [6.07, 6.45) is 6.75. The van der Waals surface area contributed by atoms with Crippen LogP contribution in [-0.2, 0) is 19.4 Å². The third-order valence-corrected chi connectivity index (χ3v) is 6.58. The summed E-state index contributed by atoms with van der Waals surface area (Å²) in [6, 6.07) is 8.01. The SMILES string of the molecule is C[C@@H](c1ccc2c(c1)OCC2)N1CCC(N2CCc3n[nH]cc3C2)CC1. The van der Waals surface area contributed by atoms with Crippen LogP contribution >= 0.6 is 0 Å². The molecule has 3 aliphatic heterocycles. The zero-order valence-corrected chi connectivity index (χ0v) is 15.6. The van der Waals surface area contributed by atoms with Crippen LogP contribution in [0.5, 0.6) is 5.75 Å². The first kappa shape index (κ1) is 16.3. The molecule has 1 aromatic heterocycles. The van der Waals surface area contributed by atoms with Crippen molar-refractivity contribution in [3.8, 4) is 5.75 Å². The molecule has 4 heterocycles. The molecule has 0 bridgehead atoms. The van der Waals surface area contributed by atoms with E-state index in [2.05, 4.69) is 51.3 Å². The first-order valence-electron chi connectivity index (χ1n) is 10.0. The minimum absolute atomic E-state index is 0.465. The van der Waals surface area contributed by atoms with E-state index in [1.807, 2.05) is 0 Å². The Kier molecular flexibility index (Phi) is 4.21. The Balaban J connectivity index is 1.20. The van der Waals surface area contributed by atoms with Crippen LogP contribution in [-0.4, -0.2) is 52.3 Å². The smallest absolute Gasteiger partial charge is 0.122 e. The molecule has 26 heavy (non-hydrogen) atoms. The van der Waals surface area contributed by atoms with Crippen molar-refractivity contribution in [1.82, 2.24) is 20.0 Å². The lowest BCUT2D eigenvalue weighted by Gasteiger charge is -2.41. The van der Waals surface area contributed by atoms with Crippen molar-refractivity contribution >= 4 is 0 Å². The summed E-state index contributed by atoms with van der Waals surface area (Å²) < 4.78 is 5.76. The largest absolute Gasteiger partial charge is 0.493 e. The average molecular weight is 352 g/mol. The molecule has 0 spiro atoms. The maximum absolute atomic E-state index is 5.76. The number of nitrogens with zero attached hydrogens (tertiary/aromatic N) is 3. The van der Waals surface area contributed by atoms with Gasteiger partial charge in [-0.3, -0.25) is 14.9 Å². The Morgan fingerprint density at radius 2 is 2.04 bits per heavy atom. The Morgan fingerprint density at radius 3 is 2.92 bits per heavy atom. The van der Waals surface area contributed by atoms with Crippen LogP contribution in [0.15, 0.2) is 24.4 Å². The second-order valence-electron chi connectivity index (χ2n) is 7.99. The van der Waals surface area contributed by atoms with Gasteiger partial charge in [0.25, 0.3) is 0 Å². The molecule has 1 fully saturated rings. The monoisotopic (exact) mass is 352 g/mol. The lowest BCUT2D eigenvalue weighted by atomic mass is 9.96. The highest BCUT2D eigenvalue weighted by Gasteiger charge is 2.30. The molecule has 1 atom stereocenters. The Bertz CT molecular complexity index is 778. The number of nitrogens with one attached hydrogen (secondary N) is 1. The van der Waals surface area contributed by atoms with Crippen molar-refractivity contribution < 1.29 is 4.74 Å². The van der Waals surface area contributed by atoms with E-state index in [9.17, 15) is 0 Å². The minimum Gasteiger partial charge on any atom is -0.493 e. The van der Waals surface area contributed by atoms with Crippen LogP contribution in [0.2, 0.25) is 0 Å². The van der Waals surface area contributed by atoms with E-state index >= 15 is 0 Å². The quantitative estimate of drug-likeness (QED) is 0.922. The number of rotatable bonds is 3. The van der Waals surface area contributed by atoms with Gasteiger partial charge in [-0.25, -0.2) is 0 Å². The van der Waals surface area contributed by atoms with Gasteiger partial charge in [-0.1, -0.05) is 12.1 Å². The number of hydrogen-bond acceptors (Lipinski definition) is 4. The van der Waals surface area contributed by atoms with E-state index in [1.54, 1.807) is 0 Å². The predicted octanol–water partition coefficient (Wildman–Crippen LogP) is 2.93. The minimum atomic E-state index is 0.465. The van der Waals surface area contributed by atoms with Crippen molar-refractivity contribution in [2.24, 2.45) is 0 Å². The van der Waals surface area contributed by atoms with Crippen LogP contribution in [0, 0.1) is 0 Å². The maximum Gasteiger partial charge on any atom is 0.122 e. The molecular weight excluding hydrogens is 324 g/mol. The summed E-state index contributed by atoms with van der Waals surface area (Å²) in [5.41, 5.74) is 5.42. The van der Waals surface area contributed by atoms with Gasteiger partial charge in [0.1, 0.15) is 5.75 Å². The number of fused-ring (bicyclic) bond motifs is 2. The van der Waals surface area contributed by atoms with E-state index in [-0.39, 0.29) is 0 Å². The Morgan fingerprint density at radius 1 is 1.15 bits per heavy atom. The van der Waals surface area contributed by atoms with Gasteiger partial charge in [0, 0.05) is 62.9 Å². The third kappa shape index (κ3) is 2.93. The number of ether oxygens (including phenoxy) is 1. The Labute approximate surface area is 155 Å². The molecule has 138 valence electrons. The third-order valence-electron chi connectivity index (χ3n) is 6.58. The molecule has 0 unspecified atom stereocenters. The number of piperidine rings is 1. The molecule has 5 nitrogen and oxygen atoms in total. The predicted molar refractivity (Wildman–Crippen MR) is 101 cm³/mol. The molecule has 3 aliphatic rings. The van der Waals surface area contributed by atoms with Gasteiger partial charge in [0.05, 0.1) is 12.3 Å². The number of benzene rings is 1. The average Bonchev–Trinajstić information content (AvgIpc) is 3.35. The molecule has 5 rings (SSSR count). The summed E-state index contributed by atoms with van der Waals surface area (Å²) >= 11 is 0. The van der Waals surface area contributed by atoms with Gasteiger partial charge >= 0.3 is 0 Å². The van der Waals surface area contributed by atoms with Crippen molar-refractivity contribution in [3.63, 3.8) is 0 Å². The first-order valence-corrected chi connectivity index (χ1v) is 10.0. The second kappa shape index (κ2) is 6.71. The molecule has 0 amide bonds. The summed E-state index contributed by atoms with van der Waals surface area (Å²) in [4.78, 5) is 5.31. The van der Waals surface area contributed by atoms with E-state index in [0.717, 1.165) is 38.3 Å². The molecule has 1 N–H and O–H groups in total. The number of hydrogen-bond donors (Lipinski definition) is 1. The van der Waals surface area contributed by atoms with Crippen molar-refractivity contribution in [3.05, 3.63) is 46.8 Å². The summed E-state index contributed by atoms with van der Waals surface area (Å²) in [5, 5.41) is 7.39.